The van der Waals surface area contributed by atoms with Gasteiger partial charge in [-0.15, -0.1) is 0 Å². The quantitative estimate of drug-likeness (QED) is 0.729. The Morgan fingerprint density at radius 1 is 1.12 bits per heavy atom. The number of benzene rings is 2. The van der Waals surface area contributed by atoms with Crippen LogP contribution in [0.1, 0.15) is 11.1 Å². The van der Waals surface area contributed by atoms with Gasteiger partial charge in [0.05, 0.1) is 6.61 Å². The Morgan fingerprint density at radius 3 is 2.76 bits per heavy atom. The lowest BCUT2D eigenvalue weighted by molar-refractivity contribution is 0.357. The van der Waals surface area contributed by atoms with Crippen molar-refractivity contribution in [2.45, 2.75) is 13.3 Å². The van der Waals surface area contributed by atoms with E-state index in [4.69, 9.17) is 16.3 Å². The Hall–Kier alpha value is -1.47. The fraction of sp³-hybridized carbons (Fsp3) is 0.200. The second kappa shape index (κ2) is 4.08. The molecule has 0 spiro atoms. The first-order chi connectivity index (χ1) is 8.25. The lowest BCUT2D eigenvalue weighted by Gasteiger charge is -2.10. The first-order valence-electron chi connectivity index (χ1n) is 5.77. The fourth-order valence-corrected chi connectivity index (χ4v) is 2.59. The smallest absolute Gasteiger partial charge is 0.124 e. The van der Waals surface area contributed by atoms with Crippen LogP contribution >= 0.6 is 11.6 Å². The van der Waals surface area contributed by atoms with Crippen LogP contribution in [-0.2, 0) is 6.42 Å². The maximum Gasteiger partial charge on any atom is 0.124 e. The van der Waals surface area contributed by atoms with Gasteiger partial charge in [-0.05, 0) is 35.7 Å². The zero-order chi connectivity index (χ0) is 11.8. The number of hydrogen-bond acceptors (Lipinski definition) is 1. The van der Waals surface area contributed by atoms with E-state index in [1.807, 2.05) is 12.1 Å². The van der Waals surface area contributed by atoms with E-state index in [9.17, 15) is 0 Å². The average molecular weight is 245 g/mol. The van der Waals surface area contributed by atoms with Crippen LogP contribution in [0.15, 0.2) is 36.4 Å². The zero-order valence-corrected chi connectivity index (χ0v) is 10.4. The summed E-state index contributed by atoms with van der Waals surface area (Å²) in [6.45, 7) is 2.88. The maximum absolute atomic E-state index is 6.15. The summed E-state index contributed by atoms with van der Waals surface area (Å²) in [6, 6.07) is 12.3. The predicted octanol–water partition coefficient (Wildman–Crippen LogP) is 4.25. The molecule has 0 atom stereocenters. The van der Waals surface area contributed by atoms with E-state index in [0.29, 0.717) is 0 Å². The zero-order valence-electron chi connectivity index (χ0n) is 9.66. The summed E-state index contributed by atoms with van der Waals surface area (Å²) in [4.78, 5) is 0. The van der Waals surface area contributed by atoms with E-state index in [-0.39, 0.29) is 0 Å². The summed E-state index contributed by atoms with van der Waals surface area (Å²) in [6.07, 6.45) is 0.968. The summed E-state index contributed by atoms with van der Waals surface area (Å²) in [5, 5.41) is 0.740. The molecule has 0 saturated carbocycles. The molecule has 17 heavy (non-hydrogen) atoms. The molecule has 0 aliphatic carbocycles. The normalized spacial score (nSPS) is 13.3. The van der Waals surface area contributed by atoms with Crippen molar-refractivity contribution in [2.24, 2.45) is 0 Å². The highest BCUT2D eigenvalue weighted by molar-refractivity contribution is 6.31. The molecule has 0 amide bonds. The molecule has 0 unspecified atom stereocenters. The first kappa shape index (κ1) is 10.7. The van der Waals surface area contributed by atoms with Crippen LogP contribution in [0.3, 0.4) is 0 Å². The van der Waals surface area contributed by atoms with E-state index in [1.165, 1.54) is 22.3 Å². The first-order valence-corrected chi connectivity index (χ1v) is 6.15. The highest BCUT2D eigenvalue weighted by Gasteiger charge is 2.18. The standard InChI is InChI=1S/C15H13ClO/c1-10-4-2-3-5-12(10)14-8-11(16)9-15-13(14)6-7-17-15/h2-5,8-9H,6-7H2,1H3. The minimum atomic E-state index is 0.740. The van der Waals surface area contributed by atoms with E-state index in [2.05, 4.69) is 31.2 Å². The molecule has 1 nitrogen and oxygen atoms in total. The van der Waals surface area contributed by atoms with E-state index < -0.39 is 0 Å². The van der Waals surface area contributed by atoms with Gasteiger partial charge in [0.1, 0.15) is 5.75 Å². The van der Waals surface area contributed by atoms with Crippen molar-refractivity contribution in [3.8, 4) is 16.9 Å². The monoisotopic (exact) mass is 244 g/mol. The third-order valence-corrected chi connectivity index (χ3v) is 3.44. The molecule has 2 aromatic rings. The van der Waals surface area contributed by atoms with Gasteiger partial charge in [-0.2, -0.15) is 0 Å². The molecule has 0 fully saturated rings. The SMILES string of the molecule is Cc1ccccc1-c1cc(Cl)cc2c1CCO2. The van der Waals surface area contributed by atoms with Gasteiger partial charge in [0.2, 0.25) is 0 Å². The third kappa shape index (κ3) is 1.81. The Kier molecular flexibility index (Phi) is 2.56. The molecule has 0 aromatic heterocycles. The molecule has 2 aromatic carbocycles. The van der Waals surface area contributed by atoms with Gasteiger partial charge in [-0.3, -0.25) is 0 Å². The van der Waals surface area contributed by atoms with Gasteiger partial charge >= 0.3 is 0 Å². The van der Waals surface area contributed by atoms with E-state index in [0.717, 1.165) is 23.8 Å². The van der Waals surface area contributed by atoms with Crippen LogP contribution < -0.4 is 4.74 Å². The van der Waals surface area contributed by atoms with Crippen molar-refractivity contribution in [2.75, 3.05) is 6.61 Å². The van der Waals surface area contributed by atoms with E-state index in [1.54, 1.807) is 0 Å². The van der Waals surface area contributed by atoms with Crippen molar-refractivity contribution < 1.29 is 4.74 Å². The molecule has 1 aliphatic rings. The Balaban J connectivity index is 2.25. The summed E-state index contributed by atoms with van der Waals surface area (Å²) < 4.78 is 5.60. The molecule has 0 radical (unpaired) electrons. The van der Waals surface area contributed by atoms with Crippen LogP contribution in [0, 0.1) is 6.92 Å². The molecule has 0 bridgehead atoms. The largest absolute Gasteiger partial charge is 0.493 e. The summed E-state index contributed by atoms with van der Waals surface area (Å²) in [5.41, 5.74) is 5.01. The van der Waals surface area contributed by atoms with Gasteiger partial charge in [-0.1, -0.05) is 35.9 Å². The van der Waals surface area contributed by atoms with Gasteiger partial charge in [0, 0.05) is 17.0 Å². The summed E-state index contributed by atoms with van der Waals surface area (Å²) >= 11 is 6.15. The van der Waals surface area contributed by atoms with Gasteiger partial charge in [-0.25, -0.2) is 0 Å². The number of rotatable bonds is 1. The van der Waals surface area contributed by atoms with Crippen molar-refractivity contribution in [3.63, 3.8) is 0 Å². The van der Waals surface area contributed by atoms with Crippen LogP contribution in [0.4, 0.5) is 0 Å². The summed E-state index contributed by atoms with van der Waals surface area (Å²) in [7, 11) is 0. The minimum absolute atomic E-state index is 0.740. The van der Waals surface area contributed by atoms with Crippen molar-refractivity contribution in [1.82, 2.24) is 0 Å². The Labute approximate surface area is 106 Å². The molecule has 1 aliphatic heterocycles. The number of halogens is 1. The molecule has 1 heterocycles. The minimum Gasteiger partial charge on any atom is -0.493 e. The lowest BCUT2D eigenvalue weighted by Crippen LogP contribution is -1.89. The number of fused-ring (bicyclic) bond motifs is 1. The van der Waals surface area contributed by atoms with Crippen molar-refractivity contribution in [3.05, 3.63) is 52.5 Å². The van der Waals surface area contributed by atoms with Crippen LogP contribution in [0.2, 0.25) is 5.02 Å². The molecule has 2 heteroatoms. The topological polar surface area (TPSA) is 9.23 Å². The van der Waals surface area contributed by atoms with Crippen LogP contribution in [0.25, 0.3) is 11.1 Å². The molecular formula is C15H13ClO. The van der Waals surface area contributed by atoms with Crippen LogP contribution in [-0.4, -0.2) is 6.61 Å². The van der Waals surface area contributed by atoms with Crippen LogP contribution in [0.5, 0.6) is 5.75 Å². The summed E-state index contributed by atoms with van der Waals surface area (Å²) in [5.74, 6) is 0.941. The molecule has 0 N–H and O–H groups in total. The highest BCUT2D eigenvalue weighted by Crippen LogP contribution is 2.38. The van der Waals surface area contributed by atoms with Crippen molar-refractivity contribution >= 4 is 11.6 Å². The lowest BCUT2D eigenvalue weighted by atomic mass is 9.95. The van der Waals surface area contributed by atoms with Gasteiger partial charge in [0.15, 0.2) is 0 Å². The molecule has 0 saturated heterocycles. The molecule has 86 valence electrons. The maximum atomic E-state index is 6.15. The molecule has 3 rings (SSSR count). The van der Waals surface area contributed by atoms with Gasteiger partial charge < -0.3 is 4.74 Å². The predicted molar refractivity (Wildman–Crippen MR) is 70.8 cm³/mol. The Morgan fingerprint density at radius 2 is 1.94 bits per heavy atom. The Bertz CT molecular complexity index is 575. The third-order valence-electron chi connectivity index (χ3n) is 3.22. The average Bonchev–Trinajstić information content (AvgIpc) is 2.76. The van der Waals surface area contributed by atoms with Crippen molar-refractivity contribution in [1.29, 1.82) is 0 Å². The number of ether oxygens (including phenoxy) is 1. The number of aryl methyl sites for hydroxylation is 1. The van der Waals surface area contributed by atoms with Gasteiger partial charge in [0.25, 0.3) is 0 Å². The number of hydrogen-bond donors (Lipinski definition) is 0. The second-order valence-corrected chi connectivity index (χ2v) is 4.78. The van der Waals surface area contributed by atoms with E-state index >= 15 is 0 Å². The highest BCUT2D eigenvalue weighted by atomic mass is 35.5. The fourth-order valence-electron chi connectivity index (χ4n) is 2.38. The molecular weight excluding hydrogens is 232 g/mol. The second-order valence-electron chi connectivity index (χ2n) is 4.34.